The average molecular weight is 378 g/mol. The van der Waals surface area contributed by atoms with Crippen LogP contribution in [0.3, 0.4) is 0 Å². The van der Waals surface area contributed by atoms with Crippen molar-refractivity contribution in [1.29, 1.82) is 0 Å². The van der Waals surface area contributed by atoms with Gasteiger partial charge in [-0.1, -0.05) is 12.1 Å². The van der Waals surface area contributed by atoms with E-state index in [1.807, 2.05) is 0 Å². The van der Waals surface area contributed by atoms with Gasteiger partial charge >= 0.3 is 17.9 Å². The van der Waals surface area contributed by atoms with E-state index in [1.54, 1.807) is 0 Å². The van der Waals surface area contributed by atoms with Crippen LogP contribution in [0.25, 0.3) is 0 Å². The highest BCUT2D eigenvalue weighted by atomic mass is 16.5. The highest BCUT2D eigenvalue weighted by Crippen LogP contribution is 2.46. The van der Waals surface area contributed by atoms with Gasteiger partial charge in [-0.3, -0.25) is 14.4 Å². The topological polar surface area (TPSA) is 116 Å². The van der Waals surface area contributed by atoms with Crippen molar-refractivity contribution in [2.45, 2.75) is 24.9 Å². The highest BCUT2D eigenvalue weighted by molar-refractivity contribution is 6.02. The number of carbonyl (C=O) groups is 4. The van der Waals surface area contributed by atoms with Gasteiger partial charge in [0, 0.05) is 12.3 Å². The van der Waals surface area contributed by atoms with E-state index in [-0.39, 0.29) is 12.0 Å². The van der Waals surface area contributed by atoms with Crippen molar-refractivity contribution < 1.29 is 38.5 Å². The number of ether oxygens (including phenoxy) is 3. The molecule has 0 heterocycles. The van der Waals surface area contributed by atoms with E-state index >= 15 is 0 Å². The molecule has 27 heavy (non-hydrogen) atoms. The van der Waals surface area contributed by atoms with Crippen LogP contribution in [0.2, 0.25) is 0 Å². The third kappa shape index (κ3) is 3.85. The van der Waals surface area contributed by atoms with Crippen LogP contribution in [0.5, 0.6) is 0 Å². The van der Waals surface area contributed by atoms with Gasteiger partial charge in [-0.15, -0.1) is 0 Å². The number of aliphatic hydroxyl groups is 1. The first kappa shape index (κ1) is 20.6. The Morgan fingerprint density at radius 2 is 1.56 bits per heavy atom. The second kappa shape index (κ2) is 7.87. The minimum absolute atomic E-state index is 0.263. The molecule has 0 bridgehead atoms. The molecule has 0 radical (unpaired) electrons. The first-order valence-electron chi connectivity index (χ1n) is 8.27. The molecule has 146 valence electrons. The largest absolute Gasteiger partial charge is 0.469 e. The Hall–Kier alpha value is -2.74. The molecule has 1 aromatic rings. The number of ketones is 1. The van der Waals surface area contributed by atoms with E-state index in [9.17, 15) is 24.3 Å². The van der Waals surface area contributed by atoms with Crippen LogP contribution >= 0.6 is 0 Å². The first-order chi connectivity index (χ1) is 12.7. The number of carbonyl (C=O) groups excluding carboxylic acids is 4. The zero-order valence-electron chi connectivity index (χ0n) is 15.6. The number of hydrogen-bond acceptors (Lipinski definition) is 8. The summed E-state index contributed by atoms with van der Waals surface area (Å²) in [7, 11) is 3.56. The lowest BCUT2D eigenvalue weighted by molar-refractivity contribution is -0.170. The van der Waals surface area contributed by atoms with E-state index in [2.05, 4.69) is 4.74 Å². The van der Waals surface area contributed by atoms with E-state index < -0.39 is 47.0 Å². The van der Waals surface area contributed by atoms with Crippen molar-refractivity contribution in [3.8, 4) is 0 Å². The van der Waals surface area contributed by atoms with E-state index in [0.717, 1.165) is 7.11 Å². The molecule has 0 amide bonds. The van der Waals surface area contributed by atoms with Gasteiger partial charge in [0.25, 0.3) is 0 Å². The molecule has 8 heteroatoms. The summed E-state index contributed by atoms with van der Waals surface area (Å²) in [6.07, 6.45) is -0.386. The summed E-state index contributed by atoms with van der Waals surface area (Å²) in [5.74, 6) is -6.09. The molecule has 0 spiro atoms. The quantitative estimate of drug-likeness (QED) is 0.466. The van der Waals surface area contributed by atoms with Crippen molar-refractivity contribution >= 4 is 23.7 Å². The van der Waals surface area contributed by atoms with Gasteiger partial charge in [0.2, 0.25) is 0 Å². The average Bonchev–Trinajstić information content (AvgIpc) is 2.65. The van der Waals surface area contributed by atoms with Gasteiger partial charge in [-0.05, 0) is 24.6 Å². The maximum absolute atomic E-state index is 12.6. The minimum Gasteiger partial charge on any atom is -0.469 e. The Balaban J connectivity index is 2.60. The second-order valence-corrected chi connectivity index (χ2v) is 6.64. The molecule has 2 rings (SSSR count). The molecule has 8 nitrogen and oxygen atoms in total. The fourth-order valence-corrected chi connectivity index (χ4v) is 3.63. The van der Waals surface area contributed by atoms with Crippen LogP contribution in [-0.4, -0.2) is 55.7 Å². The summed E-state index contributed by atoms with van der Waals surface area (Å²) in [6, 6.07) is 5.93. The number of esters is 3. The van der Waals surface area contributed by atoms with E-state index in [0.29, 0.717) is 5.56 Å². The lowest BCUT2D eigenvalue weighted by Crippen LogP contribution is -2.55. The summed E-state index contributed by atoms with van der Waals surface area (Å²) in [5.41, 5.74) is -1.03. The molecular weight excluding hydrogens is 356 g/mol. The first-order valence-corrected chi connectivity index (χ1v) is 8.27. The SMILES string of the molecule is COC(=O)c1ccc(C2C(C(=O)OC)C(=O)CC(C)(O)C2C(=O)OC)cc1. The predicted octanol–water partition coefficient (Wildman–Crippen LogP) is 0.859. The van der Waals surface area contributed by atoms with Crippen LogP contribution < -0.4 is 0 Å². The smallest absolute Gasteiger partial charge is 0.337 e. The molecule has 4 unspecified atom stereocenters. The molecule has 1 aromatic carbocycles. The van der Waals surface area contributed by atoms with Gasteiger partial charge < -0.3 is 19.3 Å². The van der Waals surface area contributed by atoms with Crippen LogP contribution in [0.15, 0.2) is 24.3 Å². The Bertz CT molecular complexity index is 749. The summed E-state index contributed by atoms with van der Waals surface area (Å²) >= 11 is 0. The lowest BCUT2D eigenvalue weighted by Gasteiger charge is -2.43. The normalized spacial score (nSPS) is 27.6. The molecule has 1 saturated carbocycles. The molecule has 1 N–H and O–H groups in total. The number of hydrogen-bond donors (Lipinski definition) is 1. The van der Waals surface area contributed by atoms with Crippen LogP contribution in [0, 0.1) is 11.8 Å². The standard InChI is InChI=1S/C19H22O8/c1-19(24)9-12(20)14(17(22)26-3)13(15(19)18(23)27-4)10-5-7-11(8-6-10)16(21)25-2/h5-8,13-15,24H,9H2,1-4H3. The Labute approximate surface area is 156 Å². The van der Waals surface area contributed by atoms with Gasteiger partial charge in [0.15, 0.2) is 5.78 Å². The van der Waals surface area contributed by atoms with Crippen molar-refractivity contribution in [2.75, 3.05) is 21.3 Å². The number of methoxy groups -OCH3 is 3. The second-order valence-electron chi connectivity index (χ2n) is 6.64. The summed E-state index contributed by atoms with van der Waals surface area (Å²) in [6.45, 7) is 1.36. The van der Waals surface area contributed by atoms with Crippen LogP contribution in [-0.2, 0) is 28.6 Å². The third-order valence-electron chi connectivity index (χ3n) is 4.89. The Morgan fingerprint density at radius 3 is 2.04 bits per heavy atom. The van der Waals surface area contributed by atoms with Crippen LogP contribution in [0.1, 0.15) is 35.2 Å². The molecule has 4 atom stereocenters. The fraction of sp³-hybridized carbons (Fsp3) is 0.474. The fourth-order valence-electron chi connectivity index (χ4n) is 3.63. The van der Waals surface area contributed by atoms with E-state index in [1.165, 1.54) is 45.4 Å². The van der Waals surface area contributed by atoms with Crippen molar-refractivity contribution in [2.24, 2.45) is 11.8 Å². The van der Waals surface area contributed by atoms with Gasteiger partial charge in [0.05, 0.1) is 38.4 Å². The zero-order valence-corrected chi connectivity index (χ0v) is 15.6. The van der Waals surface area contributed by atoms with Crippen molar-refractivity contribution in [3.05, 3.63) is 35.4 Å². The molecular formula is C19H22O8. The van der Waals surface area contributed by atoms with Gasteiger partial charge in [0.1, 0.15) is 5.92 Å². The van der Waals surface area contributed by atoms with Gasteiger partial charge in [-0.2, -0.15) is 0 Å². The number of Topliss-reactive ketones (excluding diaryl/α,β-unsaturated/α-hetero) is 1. The highest BCUT2D eigenvalue weighted by Gasteiger charge is 2.56. The lowest BCUT2D eigenvalue weighted by atomic mass is 9.61. The maximum atomic E-state index is 12.6. The summed E-state index contributed by atoms with van der Waals surface area (Å²) in [4.78, 5) is 48.9. The monoisotopic (exact) mass is 378 g/mol. The molecule has 1 aliphatic rings. The van der Waals surface area contributed by atoms with Crippen molar-refractivity contribution in [1.82, 2.24) is 0 Å². The van der Waals surface area contributed by atoms with Crippen molar-refractivity contribution in [3.63, 3.8) is 0 Å². The van der Waals surface area contributed by atoms with Crippen LogP contribution in [0.4, 0.5) is 0 Å². The molecule has 1 aliphatic carbocycles. The third-order valence-corrected chi connectivity index (χ3v) is 4.89. The molecule has 0 aromatic heterocycles. The molecule has 0 aliphatic heterocycles. The Kier molecular flexibility index (Phi) is 6.00. The molecule has 1 fully saturated rings. The molecule has 0 saturated heterocycles. The predicted molar refractivity (Wildman–Crippen MR) is 91.8 cm³/mol. The van der Waals surface area contributed by atoms with Gasteiger partial charge in [-0.25, -0.2) is 4.79 Å². The number of rotatable bonds is 4. The van der Waals surface area contributed by atoms with E-state index in [4.69, 9.17) is 9.47 Å². The Morgan fingerprint density at radius 1 is 1.00 bits per heavy atom. The summed E-state index contributed by atoms with van der Waals surface area (Å²) in [5, 5.41) is 10.7. The summed E-state index contributed by atoms with van der Waals surface area (Å²) < 4.78 is 14.2. The number of benzene rings is 1. The maximum Gasteiger partial charge on any atom is 0.337 e. The minimum atomic E-state index is -1.71. The zero-order chi connectivity index (χ0) is 20.4.